The van der Waals surface area contributed by atoms with Crippen molar-refractivity contribution < 1.29 is 14.3 Å². The van der Waals surface area contributed by atoms with Crippen molar-refractivity contribution in [2.75, 3.05) is 0 Å². The average Bonchev–Trinajstić information content (AvgIpc) is 2.93. The predicted octanol–water partition coefficient (Wildman–Crippen LogP) is 5.58. The SMILES string of the molecule is CC.CC.O=C(C=C1c2ccccc2-c2ccccc21)OF. The smallest absolute Gasteiger partial charge is 0.250 e. The predicted molar refractivity (Wildman–Crippen MR) is 88.9 cm³/mol. The van der Waals surface area contributed by atoms with Gasteiger partial charge < -0.3 is 0 Å². The fraction of sp³-hybridized carbons (Fsp3) is 0.211. The Morgan fingerprint density at radius 3 is 1.55 bits per heavy atom. The van der Waals surface area contributed by atoms with Crippen molar-refractivity contribution in [3.8, 4) is 11.1 Å². The van der Waals surface area contributed by atoms with Gasteiger partial charge in [-0.05, 0) is 27.8 Å². The first-order chi connectivity index (χ1) is 10.8. The van der Waals surface area contributed by atoms with Crippen LogP contribution in [-0.4, -0.2) is 5.97 Å². The number of carbonyl (C=O) groups excluding carboxylic acids is 1. The van der Waals surface area contributed by atoms with E-state index in [9.17, 15) is 9.32 Å². The molecule has 2 aromatic carbocycles. The molecule has 0 saturated carbocycles. The van der Waals surface area contributed by atoms with Gasteiger partial charge in [-0.25, -0.2) is 4.79 Å². The first-order valence-corrected chi connectivity index (χ1v) is 7.54. The van der Waals surface area contributed by atoms with Crippen molar-refractivity contribution in [2.24, 2.45) is 0 Å². The third kappa shape index (κ3) is 3.42. The van der Waals surface area contributed by atoms with E-state index in [1.54, 1.807) is 0 Å². The van der Waals surface area contributed by atoms with E-state index in [-0.39, 0.29) is 0 Å². The van der Waals surface area contributed by atoms with E-state index in [4.69, 9.17) is 0 Å². The summed E-state index contributed by atoms with van der Waals surface area (Å²) in [5, 5.41) is 0. The molecule has 3 rings (SSSR count). The van der Waals surface area contributed by atoms with Crippen LogP contribution in [0.25, 0.3) is 16.7 Å². The van der Waals surface area contributed by atoms with E-state index in [2.05, 4.69) is 4.94 Å². The van der Waals surface area contributed by atoms with Gasteiger partial charge in [0.05, 0.1) is 0 Å². The van der Waals surface area contributed by atoms with Crippen LogP contribution in [0, 0.1) is 0 Å². The molecule has 0 aliphatic heterocycles. The van der Waals surface area contributed by atoms with E-state index >= 15 is 0 Å². The quantitative estimate of drug-likeness (QED) is 0.548. The Morgan fingerprint density at radius 1 is 0.818 bits per heavy atom. The molecule has 0 amide bonds. The fourth-order valence-corrected chi connectivity index (χ4v) is 2.35. The maximum absolute atomic E-state index is 11.9. The van der Waals surface area contributed by atoms with Crippen molar-refractivity contribution in [1.29, 1.82) is 0 Å². The molecule has 0 fully saturated rings. The normalized spacial score (nSPS) is 10.1. The summed E-state index contributed by atoms with van der Waals surface area (Å²) in [6.45, 7) is 8.00. The third-order valence-corrected chi connectivity index (χ3v) is 3.06. The lowest BCUT2D eigenvalue weighted by Gasteiger charge is -2.00. The minimum Gasteiger partial charge on any atom is -0.250 e. The summed E-state index contributed by atoms with van der Waals surface area (Å²) in [6.07, 6.45) is 1.19. The highest BCUT2D eigenvalue weighted by Crippen LogP contribution is 2.43. The topological polar surface area (TPSA) is 26.3 Å². The summed E-state index contributed by atoms with van der Waals surface area (Å²) in [7, 11) is 0. The largest absolute Gasteiger partial charge is 0.373 e. The fourth-order valence-electron chi connectivity index (χ4n) is 2.35. The number of carbonyl (C=O) groups is 1. The molecule has 1 aliphatic carbocycles. The van der Waals surface area contributed by atoms with Crippen molar-refractivity contribution in [1.82, 2.24) is 0 Å². The summed E-state index contributed by atoms with van der Waals surface area (Å²) >= 11 is 0. The number of fused-ring (bicyclic) bond motifs is 3. The van der Waals surface area contributed by atoms with Gasteiger partial charge in [-0.3, -0.25) is 4.94 Å². The lowest BCUT2D eigenvalue weighted by molar-refractivity contribution is -0.176. The molecule has 2 nitrogen and oxygen atoms in total. The highest BCUT2D eigenvalue weighted by atomic mass is 19.3. The monoisotopic (exact) mass is 300 g/mol. The van der Waals surface area contributed by atoms with Gasteiger partial charge in [-0.1, -0.05) is 76.2 Å². The number of benzene rings is 2. The zero-order valence-corrected chi connectivity index (χ0v) is 13.4. The molecule has 0 radical (unpaired) electrons. The summed E-state index contributed by atoms with van der Waals surface area (Å²) in [4.78, 5) is 14.3. The number of halogens is 1. The molecular weight excluding hydrogens is 279 g/mol. The van der Waals surface area contributed by atoms with Gasteiger partial charge in [0.2, 0.25) is 0 Å². The zero-order valence-electron chi connectivity index (χ0n) is 13.4. The minimum absolute atomic E-state index is 0.698. The van der Waals surface area contributed by atoms with Crippen LogP contribution in [0.15, 0.2) is 54.6 Å². The minimum atomic E-state index is -0.989. The highest BCUT2D eigenvalue weighted by Gasteiger charge is 2.23. The number of hydrogen-bond acceptors (Lipinski definition) is 2. The van der Waals surface area contributed by atoms with Crippen LogP contribution < -0.4 is 0 Å². The Morgan fingerprint density at radius 2 is 1.18 bits per heavy atom. The maximum atomic E-state index is 11.9. The molecule has 3 heteroatoms. The summed E-state index contributed by atoms with van der Waals surface area (Å²) < 4.78 is 11.9. The molecule has 0 aromatic heterocycles. The molecule has 0 spiro atoms. The molecule has 0 atom stereocenters. The molecule has 0 bridgehead atoms. The number of hydrogen-bond donors (Lipinski definition) is 0. The molecule has 0 saturated heterocycles. The van der Waals surface area contributed by atoms with Crippen LogP contribution in [0.2, 0.25) is 0 Å². The summed E-state index contributed by atoms with van der Waals surface area (Å²) in [5.41, 5.74) is 4.63. The molecular formula is C19H21FO2. The molecule has 2 aromatic rings. The first kappa shape index (κ1) is 17.6. The van der Waals surface area contributed by atoms with Gasteiger partial charge in [0.1, 0.15) is 0 Å². The van der Waals surface area contributed by atoms with E-state index < -0.39 is 5.97 Å². The maximum Gasteiger partial charge on any atom is 0.373 e. The highest BCUT2D eigenvalue weighted by molar-refractivity contribution is 6.06. The molecule has 1 aliphatic rings. The zero-order chi connectivity index (χ0) is 16.5. The Balaban J connectivity index is 0.000000561. The van der Waals surface area contributed by atoms with Crippen molar-refractivity contribution >= 4 is 11.5 Å². The summed E-state index contributed by atoms with van der Waals surface area (Å²) in [6, 6.07) is 15.4. The van der Waals surface area contributed by atoms with E-state index in [0.29, 0.717) is 5.57 Å². The molecule has 22 heavy (non-hydrogen) atoms. The van der Waals surface area contributed by atoms with E-state index in [1.807, 2.05) is 76.2 Å². The lowest BCUT2D eigenvalue weighted by Crippen LogP contribution is -1.93. The Labute approximate surface area is 131 Å². The average molecular weight is 300 g/mol. The van der Waals surface area contributed by atoms with Crippen molar-refractivity contribution in [2.45, 2.75) is 27.7 Å². The number of rotatable bonds is 1. The van der Waals surface area contributed by atoms with Crippen molar-refractivity contribution in [3.63, 3.8) is 0 Å². The third-order valence-electron chi connectivity index (χ3n) is 3.06. The molecule has 0 unspecified atom stereocenters. The van der Waals surface area contributed by atoms with Gasteiger partial charge >= 0.3 is 5.97 Å². The Bertz CT molecular complexity index is 612. The second-order valence-electron chi connectivity index (χ2n) is 4.05. The van der Waals surface area contributed by atoms with Crippen molar-refractivity contribution in [3.05, 3.63) is 65.7 Å². The Kier molecular flexibility index (Phi) is 7.03. The second-order valence-corrected chi connectivity index (χ2v) is 4.05. The van der Waals surface area contributed by atoms with Gasteiger partial charge in [0, 0.05) is 10.6 Å². The van der Waals surface area contributed by atoms with Gasteiger partial charge in [0.25, 0.3) is 0 Å². The van der Waals surface area contributed by atoms with Gasteiger partial charge in [0.15, 0.2) is 0 Å². The van der Waals surface area contributed by atoms with E-state index in [0.717, 1.165) is 22.3 Å². The standard InChI is InChI=1S/C15H9FO2.2C2H6/c16-18-15(17)9-14-12-7-3-1-5-10(12)11-6-2-4-8-13(11)14;2*1-2/h1-9H;2*1-2H3. The second kappa shape index (κ2) is 8.78. The first-order valence-electron chi connectivity index (χ1n) is 7.54. The van der Waals surface area contributed by atoms with Crippen LogP contribution in [0.5, 0.6) is 0 Å². The Hall–Kier alpha value is -2.42. The molecule has 0 N–H and O–H groups in total. The van der Waals surface area contributed by atoms with E-state index in [1.165, 1.54) is 6.08 Å². The van der Waals surface area contributed by atoms with Gasteiger partial charge in [-0.15, -0.1) is 0 Å². The molecule has 0 heterocycles. The summed E-state index contributed by atoms with van der Waals surface area (Å²) in [5.74, 6) is -0.989. The molecule has 116 valence electrons. The van der Waals surface area contributed by atoms with Gasteiger partial charge in [-0.2, -0.15) is 0 Å². The van der Waals surface area contributed by atoms with Crippen LogP contribution in [0.4, 0.5) is 4.53 Å². The van der Waals surface area contributed by atoms with Crippen LogP contribution >= 0.6 is 0 Å². The lowest BCUT2D eigenvalue weighted by atomic mass is 10.0. The van der Waals surface area contributed by atoms with Crippen LogP contribution in [-0.2, 0) is 9.74 Å². The van der Waals surface area contributed by atoms with Crippen LogP contribution in [0.3, 0.4) is 0 Å². The van der Waals surface area contributed by atoms with Crippen LogP contribution in [0.1, 0.15) is 38.8 Å².